The van der Waals surface area contributed by atoms with E-state index in [4.69, 9.17) is 4.98 Å². The second kappa shape index (κ2) is 7.25. The van der Waals surface area contributed by atoms with Crippen LogP contribution in [-0.4, -0.2) is 39.2 Å². The number of benzene rings is 1. The first-order valence-electron chi connectivity index (χ1n) is 9.78. The van der Waals surface area contributed by atoms with Crippen molar-refractivity contribution in [3.63, 3.8) is 0 Å². The van der Waals surface area contributed by atoms with Crippen LogP contribution < -0.4 is 5.56 Å². The molecule has 0 N–H and O–H groups in total. The topological polar surface area (TPSA) is 55.2 Å². The summed E-state index contributed by atoms with van der Waals surface area (Å²) in [6.45, 7) is 0.677. The fourth-order valence-corrected chi connectivity index (χ4v) is 6.64. The number of likely N-dealkylation sites (tertiary alicyclic amines) is 1. The van der Waals surface area contributed by atoms with Crippen LogP contribution in [0.2, 0.25) is 0 Å². The molecule has 29 heavy (non-hydrogen) atoms. The number of carbonyl (C=O) groups is 1. The first kappa shape index (κ1) is 18.8. The zero-order valence-corrected chi connectivity index (χ0v) is 17.6. The highest BCUT2D eigenvalue weighted by atomic mass is 32.2. The Kier molecular flexibility index (Phi) is 4.70. The molecule has 3 heterocycles. The third-order valence-electron chi connectivity index (χ3n) is 5.68. The van der Waals surface area contributed by atoms with E-state index in [-0.39, 0.29) is 22.4 Å². The maximum atomic E-state index is 14.7. The number of nitrogens with zero attached hydrogens (tertiary/aromatic N) is 3. The molecule has 1 aromatic carbocycles. The summed E-state index contributed by atoms with van der Waals surface area (Å²) < 4.78 is 16.1. The maximum Gasteiger partial charge on any atom is 0.267 e. The Balaban J connectivity index is 1.74. The molecule has 0 radical (unpaired) electrons. The van der Waals surface area contributed by atoms with Gasteiger partial charge in [-0.1, -0.05) is 23.9 Å². The van der Waals surface area contributed by atoms with E-state index >= 15 is 0 Å². The van der Waals surface area contributed by atoms with E-state index in [1.54, 1.807) is 41.5 Å². The van der Waals surface area contributed by atoms with Crippen molar-refractivity contribution in [2.24, 2.45) is 0 Å². The molecule has 3 aromatic rings. The molecule has 0 spiro atoms. The Morgan fingerprint density at radius 1 is 1.21 bits per heavy atom. The molecule has 1 saturated heterocycles. The van der Waals surface area contributed by atoms with Gasteiger partial charge < -0.3 is 4.90 Å². The fourth-order valence-electron chi connectivity index (χ4n) is 4.14. The van der Waals surface area contributed by atoms with Crippen molar-refractivity contribution < 1.29 is 9.18 Å². The fraction of sp³-hybridized carbons (Fsp3) is 0.381. The predicted octanol–water partition coefficient (Wildman–Crippen LogP) is 3.79. The van der Waals surface area contributed by atoms with Crippen molar-refractivity contribution in [2.45, 2.75) is 42.5 Å². The van der Waals surface area contributed by atoms with Crippen LogP contribution in [0, 0.1) is 5.82 Å². The average molecular weight is 430 g/mol. The van der Waals surface area contributed by atoms with Gasteiger partial charge in [0.15, 0.2) is 5.16 Å². The summed E-state index contributed by atoms with van der Waals surface area (Å²) in [5.74, 6) is -0.452. The van der Waals surface area contributed by atoms with Crippen LogP contribution in [0.25, 0.3) is 15.9 Å². The first-order chi connectivity index (χ1) is 14.0. The third kappa shape index (κ3) is 3.09. The molecule has 1 atom stereocenters. The summed E-state index contributed by atoms with van der Waals surface area (Å²) >= 11 is 2.84. The normalized spacial score (nSPS) is 19.2. The molecule has 1 fully saturated rings. The first-order valence-corrected chi connectivity index (χ1v) is 11.5. The zero-order valence-electron chi connectivity index (χ0n) is 16.0. The van der Waals surface area contributed by atoms with Gasteiger partial charge in [-0.25, -0.2) is 9.37 Å². The summed E-state index contributed by atoms with van der Waals surface area (Å²) in [4.78, 5) is 34.5. The largest absolute Gasteiger partial charge is 0.345 e. The van der Waals surface area contributed by atoms with Crippen LogP contribution in [-0.2, 0) is 17.6 Å². The number of hydrogen-bond acceptors (Lipinski definition) is 5. The number of thiophene rings is 1. The second-order valence-corrected chi connectivity index (χ2v) is 9.79. The number of halogens is 1. The molecule has 1 amide bonds. The van der Waals surface area contributed by atoms with Gasteiger partial charge in [-0.2, -0.15) is 0 Å². The van der Waals surface area contributed by atoms with Gasteiger partial charge in [-0.15, -0.1) is 11.3 Å². The molecule has 5 nitrogen and oxygen atoms in total. The smallest absolute Gasteiger partial charge is 0.267 e. The lowest BCUT2D eigenvalue weighted by molar-refractivity contribution is -0.126. The number of hydrogen-bond donors (Lipinski definition) is 0. The summed E-state index contributed by atoms with van der Waals surface area (Å²) in [6.07, 6.45) is 4.68. The van der Waals surface area contributed by atoms with Gasteiger partial charge in [0.05, 0.1) is 16.3 Å². The molecule has 1 aliphatic heterocycles. The zero-order chi connectivity index (χ0) is 20.1. The van der Waals surface area contributed by atoms with E-state index in [1.807, 2.05) is 0 Å². The summed E-state index contributed by atoms with van der Waals surface area (Å²) in [7, 11) is 1.77. The number of fused-ring (bicyclic) bond motifs is 3. The molecule has 150 valence electrons. The molecule has 5 rings (SSSR count). The molecule has 2 aromatic heterocycles. The standard InChI is InChI=1S/C21H20FN3O2S2/c1-24-11-10-16(19(24)26)29-21-23-18-17(12-6-2-5-9-15(12)28-18)20(27)25(21)14-8-4-3-7-13(14)22/h3-4,7-8,16H,2,5-6,9-11H2,1H3. The number of rotatable bonds is 3. The monoisotopic (exact) mass is 429 g/mol. The molecule has 0 bridgehead atoms. The van der Waals surface area contributed by atoms with Crippen LogP contribution in [0.5, 0.6) is 0 Å². The van der Waals surface area contributed by atoms with Gasteiger partial charge in [-0.05, 0) is 49.8 Å². The molecule has 1 unspecified atom stereocenters. The van der Waals surface area contributed by atoms with E-state index < -0.39 is 5.82 Å². The Morgan fingerprint density at radius 3 is 2.76 bits per heavy atom. The van der Waals surface area contributed by atoms with Crippen molar-refractivity contribution in [1.82, 2.24) is 14.5 Å². The second-order valence-electron chi connectivity index (χ2n) is 7.53. The highest BCUT2D eigenvalue weighted by molar-refractivity contribution is 8.00. The lowest BCUT2D eigenvalue weighted by atomic mass is 9.97. The molecular weight excluding hydrogens is 409 g/mol. The van der Waals surface area contributed by atoms with Gasteiger partial charge in [-0.3, -0.25) is 14.2 Å². The average Bonchev–Trinajstić information content (AvgIpc) is 3.24. The highest BCUT2D eigenvalue weighted by Gasteiger charge is 2.32. The minimum Gasteiger partial charge on any atom is -0.345 e. The number of thioether (sulfide) groups is 1. The highest BCUT2D eigenvalue weighted by Crippen LogP contribution is 2.37. The summed E-state index contributed by atoms with van der Waals surface area (Å²) in [5, 5.41) is 0.698. The van der Waals surface area contributed by atoms with Gasteiger partial charge in [0.25, 0.3) is 5.56 Å². The van der Waals surface area contributed by atoms with Crippen molar-refractivity contribution in [3.8, 4) is 5.69 Å². The number of aryl methyl sites for hydroxylation is 2. The predicted molar refractivity (Wildman–Crippen MR) is 114 cm³/mol. The molecular formula is C21H20FN3O2S2. The number of para-hydroxylation sites is 1. The van der Waals surface area contributed by atoms with Crippen LogP contribution in [0.3, 0.4) is 0 Å². The minimum absolute atomic E-state index is 0.0231. The quantitative estimate of drug-likeness (QED) is 0.595. The maximum absolute atomic E-state index is 14.7. The van der Waals surface area contributed by atoms with Crippen LogP contribution in [0.4, 0.5) is 4.39 Å². The van der Waals surface area contributed by atoms with E-state index in [9.17, 15) is 14.0 Å². The van der Waals surface area contributed by atoms with Crippen LogP contribution >= 0.6 is 23.1 Å². The van der Waals surface area contributed by atoms with Gasteiger partial charge in [0.1, 0.15) is 10.6 Å². The van der Waals surface area contributed by atoms with Crippen LogP contribution in [0.15, 0.2) is 34.2 Å². The lowest BCUT2D eigenvalue weighted by Crippen LogP contribution is -2.26. The van der Waals surface area contributed by atoms with Crippen molar-refractivity contribution >= 4 is 39.2 Å². The Bertz CT molecular complexity index is 1190. The summed E-state index contributed by atoms with van der Waals surface area (Å²) in [6, 6.07) is 6.25. The number of carbonyl (C=O) groups excluding carboxylic acids is 1. The number of aromatic nitrogens is 2. The van der Waals surface area contributed by atoms with Gasteiger partial charge >= 0.3 is 0 Å². The number of amides is 1. The SMILES string of the molecule is CN1CCC(Sc2nc3sc4c(c3c(=O)n2-c2ccccc2F)CCCC4)C1=O. The van der Waals surface area contributed by atoms with Crippen LogP contribution in [0.1, 0.15) is 29.7 Å². The van der Waals surface area contributed by atoms with Gasteiger partial charge in [0.2, 0.25) is 5.91 Å². The molecule has 8 heteroatoms. The van der Waals surface area contributed by atoms with Gasteiger partial charge in [0, 0.05) is 18.5 Å². The van der Waals surface area contributed by atoms with E-state index in [0.717, 1.165) is 31.2 Å². The van der Waals surface area contributed by atoms with E-state index in [2.05, 4.69) is 0 Å². The van der Waals surface area contributed by atoms with E-state index in [1.165, 1.54) is 27.3 Å². The van der Waals surface area contributed by atoms with Crippen molar-refractivity contribution in [3.05, 3.63) is 50.9 Å². The summed E-state index contributed by atoms with van der Waals surface area (Å²) in [5.41, 5.74) is 1.02. The van der Waals surface area contributed by atoms with E-state index in [0.29, 0.717) is 28.3 Å². The lowest BCUT2D eigenvalue weighted by Gasteiger charge is -2.16. The Hall–Kier alpha value is -2.19. The Morgan fingerprint density at radius 2 is 2.00 bits per heavy atom. The Labute approximate surface area is 175 Å². The van der Waals surface area contributed by atoms with Crippen molar-refractivity contribution in [1.29, 1.82) is 0 Å². The third-order valence-corrected chi connectivity index (χ3v) is 8.07. The minimum atomic E-state index is -0.475. The van der Waals surface area contributed by atoms with Crippen molar-refractivity contribution in [2.75, 3.05) is 13.6 Å². The molecule has 0 saturated carbocycles. The molecule has 2 aliphatic rings. The molecule has 1 aliphatic carbocycles.